The molecule has 0 saturated heterocycles. The molecule has 1 aromatic heterocycles. The molecular weight excluding hydrogens is 349 g/mol. The Morgan fingerprint density at radius 3 is 2.59 bits per heavy atom. The third-order valence-corrected chi connectivity index (χ3v) is 3.76. The molecule has 0 aliphatic rings. The summed E-state index contributed by atoms with van der Waals surface area (Å²) >= 11 is 0. The molecule has 0 bridgehead atoms. The summed E-state index contributed by atoms with van der Waals surface area (Å²) in [4.78, 5) is 16.4. The minimum Gasteiger partial charge on any atom is -0.497 e. The molecule has 27 heavy (non-hydrogen) atoms. The monoisotopic (exact) mass is 367 g/mol. The third-order valence-electron chi connectivity index (χ3n) is 3.76. The Kier molecular flexibility index (Phi) is 5.51. The van der Waals surface area contributed by atoms with Crippen LogP contribution in [0.25, 0.3) is 0 Å². The predicted octanol–water partition coefficient (Wildman–Crippen LogP) is 4.23. The van der Waals surface area contributed by atoms with E-state index in [1.807, 2.05) is 6.07 Å². The molecule has 0 unspecified atom stereocenters. The van der Waals surface area contributed by atoms with Crippen molar-refractivity contribution in [2.75, 3.05) is 24.9 Å². The van der Waals surface area contributed by atoms with E-state index in [0.717, 1.165) is 0 Å². The van der Waals surface area contributed by atoms with Gasteiger partial charge in [-0.05, 0) is 42.5 Å². The Bertz CT molecular complexity index is 963. The number of hydrogen-bond acceptors (Lipinski definition) is 5. The number of amides is 1. The molecule has 2 aromatic carbocycles. The molecule has 0 atom stereocenters. The van der Waals surface area contributed by atoms with E-state index < -0.39 is 11.7 Å². The molecular formula is C20H18FN3O3. The van der Waals surface area contributed by atoms with E-state index >= 15 is 0 Å². The summed E-state index contributed by atoms with van der Waals surface area (Å²) in [5.41, 5.74) is 1.91. The second kappa shape index (κ2) is 8.18. The maximum absolute atomic E-state index is 13.3. The Morgan fingerprint density at radius 1 is 1.00 bits per heavy atom. The highest BCUT2D eigenvalue weighted by molar-refractivity contribution is 6.03. The summed E-state index contributed by atoms with van der Waals surface area (Å²) < 4.78 is 23.8. The van der Waals surface area contributed by atoms with Gasteiger partial charge < -0.3 is 20.1 Å². The van der Waals surface area contributed by atoms with Crippen LogP contribution in [0.1, 0.15) is 10.5 Å². The van der Waals surface area contributed by atoms with Gasteiger partial charge in [-0.3, -0.25) is 9.78 Å². The fraction of sp³-hybridized carbons (Fsp3) is 0.100. The number of rotatable bonds is 6. The maximum atomic E-state index is 13.3. The van der Waals surface area contributed by atoms with Gasteiger partial charge >= 0.3 is 0 Å². The number of ether oxygens (including phenoxy) is 2. The quantitative estimate of drug-likeness (QED) is 0.682. The van der Waals surface area contributed by atoms with Crippen molar-refractivity contribution in [2.45, 2.75) is 0 Å². The lowest BCUT2D eigenvalue weighted by atomic mass is 10.2. The molecule has 0 saturated carbocycles. The van der Waals surface area contributed by atoms with Gasteiger partial charge in [-0.1, -0.05) is 6.07 Å². The van der Waals surface area contributed by atoms with Gasteiger partial charge in [0.15, 0.2) is 0 Å². The Hall–Kier alpha value is -3.61. The molecule has 2 N–H and O–H groups in total. The van der Waals surface area contributed by atoms with Crippen molar-refractivity contribution in [2.24, 2.45) is 0 Å². The molecule has 0 aliphatic carbocycles. The topological polar surface area (TPSA) is 72.5 Å². The molecule has 3 rings (SSSR count). The number of methoxy groups -OCH3 is 2. The van der Waals surface area contributed by atoms with Gasteiger partial charge in [0.05, 0.1) is 19.9 Å². The molecule has 0 fully saturated rings. The number of nitrogens with zero attached hydrogens (tertiary/aromatic N) is 1. The molecule has 7 heteroatoms. The Labute approximate surface area is 156 Å². The van der Waals surface area contributed by atoms with Gasteiger partial charge in [0.1, 0.15) is 23.0 Å². The number of anilines is 3. The van der Waals surface area contributed by atoms with Gasteiger partial charge in [0, 0.05) is 23.6 Å². The average Bonchev–Trinajstić information content (AvgIpc) is 2.68. The summed E-state index contributed by atoms with van der Waals surface area (Å²) in [6.45, 7) is 0. The zero-order valence-corrected chi connectivity index (χ0v) is 14.8. The first kappa shape index (κ1) is 18.2. The maximum Gasteiger partial charge on any atom is 0.274 e. The minimum atomic E-state index is -0.439. The first-order chi connectivity index (χ1) is 13.1. The summed E-state index contributed by atoms with van der Waals surface area (Å²) in [7, 11) is 3.14. The second-order valence-corrected chi connectivity index (χ2v) is 5.59. The van der Waals surface area contributed by atoms with Gasteiger partial charge in [-0.15, -0.1) is 0 Å². The fourth-order valence-corrected chi connectivity index (χ4v) is 2.45. The van der Waals surface area contributed by atoms with Crippen LogP contribution in [0.15, 0.2) is 60.8 Å². The fourth-order valence-electron chi connectivity index (χ4n) is 2.45. The SMILES string of the molecule is COc1ccc(Nc2ccnc(C(=O)Nc3cccc(F)c3)c2)c(OC)c1. The molecule has 138 valence electrons. The second-order valence-electron chi connectivity index (χ2n) is 5.59. The lowest BCUT2D eigenvalue weighted by Crippen LogP contribution is -2.14. The number of carbonyl (C=O) groups excluding carboxylic acids is 1. The first-order valence-electron chi connectivity index (χ1n) is 8.11. The predicted molar refractivity (Wildman–Crippen MR) is 101 cm³/mol. The van der Waals surface area contributed by atoms with Crippen LogP contribution in [0.4, 0.5) is 21.5 Å². The van der Waals surface area contributed by atoms with Crippen LogP contribution in [0, 0.1) is 5.82 Å². The zero-order valence-electron chi connectivity index (χ0n) is 14.8. The van der Waals surface area contributed by atoms with E-state index in [1.54, 1.807) is 44.6 Å². The van der Waals surface area contributed by atoms with Crippen molar-refractivity contribution >= 4 is 23.0 Å². The van der Waals surface area contributed by atoms with E-state index in [9.17, 15) is 9.18 Å². The van der Waals surface area contributed by atoms with Crippen molar-refractivity contribution in [1.29, 1.82) is 0 Å². The Balaban J connectivity index is 1.78. The van der Waals surface area contributed by atoms with E-state index in [1.165, 1.54) is 24.4 Å². The molecule has 1 amide bonds. The van der Waals surface area contributed by atoms with Crippen LogP contribution in [-0.4, -0.2) is 25.1 Å². The van der Waals surface area contributed by atoms with E-state index in [2.05, 4.69) is 15.6 Å². The Morgan fingerprint density at radius 2 is 1.85 bits per heavy atom. The van der Waals surface area contributed by atoms with Gasteiger partial charge in [-0.2, -0.15) is 0 Å². The van der Waals surface area contributed by atoms with Crippen molar-refractivity contribution < 1.29 is 18.7 Å². The van der Waals surface area contributed by atoms with Gasteiger partial charge in [-0.25, -0.2) is 4.39 Å². The normalized spacial score (nSPS) is 10.2. The molecule has 0 aliphatic heterocycles. The van der Waals surface area contributed by atoms with Gasteiger partial charge in [0.2, 0.25) is 0 Å². The molecule has 6 nitrogen and oxygen atoms in total. The molecule has 3 aromatic rings. The number of benzene rings is 2. The van der Waals surface area contributed by atoms with Crippen LogP contribution < -0.4 is 20.1 Å². The number of aromatic nitrogens is 1. The van der Waals surface area contributed by atoms with E-state index in [-0.39, 0.29) is 5.69 Å². The summed E-state index contributed by atoms with van der Waals surface area (Å²) in [5.74, 6) is 0.396. The van der Waals surface area contributed by atoms with Crippen molar-refractivity contribution in [3.05, 3.63) is 72.3 Å². The van der Waals surface area contributed by atoms with Crippen molar-refractivity contribution in [1.82, 2.24) is 4.98 Å². The van der Waals surface area contributed by atoms with Crippen molar-refractivity contribution in [3.63, 3.8) is 0 Å². The lowest BCUT2D eigenvalue weighted by Gasteiger charge is -2.13. The lowest BCUT2D eigenvalue weighted by molar-refractivity contribution is 0.102. The van der Waals surface area contributed by atoms with Crippen LogP contribution in [-0.2, 0) is 0 Å². The number of nitrogens with one attached hydrogen (secondary N) is 2. The zero-order chi connectivity index (χ0) is 19.2. The summed E-state index contributed by atoms with van der Waals surface area (Å²) in [6.07, 6.45) is 1.51. The van der Waals surface area contributed by atoms with Gasteiger partial charge in [0.25, 0.3) is 5.91 Å². The van der Waals surface area contributed by atoms with Crippen LogP contribution in [0.2, 0.25) is 0 Å². The first-order valence-corrected chi connectivity index (χ1v) is 8.11. The number of carbonyl (C=O) groups is 1. The number of halogens is 1. The smallest absolute Gasteiger partial charge is 0.274 e. The third kappa shape index (κ3) is 4.52. The van der Waals surface area contributed by atoms with Crippen molar-refractivity contribution in [3.8, 4) is 11.5 Å². The largest absolute Gasteiger partial charge is 0.497 e. The summed E-state index contributed by atoms with van der Waals surface area (Å²) in [6, 6.07) is 14.3. The number of hydrogen-bond donors (Lipinski definition) is 2. The molecule has 0 radical (unpaired) electrons. The highest BCUT2D eigenvalue weighted by Gasteiger charge is 2.11. The highest BCUT2D eigenvalue weighted by Crippen LogP contribution is 2.31. The van der Waals surface area contributed by atoms with Crippen LogP contribution in [0.5, 0.6) is 11.5 Å². The van der Waals surface area contributed by atoms with E-state index in [4.69, 9.17) is 9.47 Å². The van der Waals surface area contributed by atoms with Crippen LogP contribution >= 0.6 is 0 Å². The molecule has 0 spiro atoms. The summed E-state index contributed by atoms with van der Waals surface area (Å²) in [5, 5.41) is 5.80. The number of pyridine rings is 1. The highest BCUT2D eigenvalue weighted by atomic mass is 19.1. The average molecular weight is 367 g/mol. The van der Waals surface area contributed by atoms with Crippen LogP contribution in [0.3, 0.4) is 0 Å². The van der Waals surface area contributed by atoms with E-state index in [0.29, 0.717) is 28.6 Å². The molecule has 1 heterocycles. The minimum absolute atomic E-state index is 0.191. The standard InChI is InChI=1S/C20H18FN3O3/c1-26-16-6-7-17(19(12-16)27-2)23-15-8-9-22-18(11-15)20(25)24-14-5-3-4-13(21)10-14/h3-12H,1-2H3,(H,22,23)(H,24,25).